The third-order valence-electron chi connectivity index (χ3n) is 9.52. The number of aliphatic hydroxyl groups excluding tert-OH is 1. The van der Waals surface area contributed by atoms with Crippen LogP contribution in [0.3, 0.4) is 0 Å². The van der Waals surface area contributed by atoms with Gasteiger partial charge >= 0.3 is 0 Å². The van der Waals surface area contributed by atoms with Crippen molar-refractivity contribution in [2.45, 2.75) is 91.3 Å². The largest absolute Gasteiger partial charge is 0.390 e. The average molecular weight is 335 g/mol. The zero-order valence-electron chi connectivity index (χ0n) is 16.3. The Labute approximate surface area is 148 Å². The molecule has 0 saturated heterocycles. The summed E-state index contributed by atoms with van der Waals surface area (Å²) in [7, 11) is 0. The molecule has 0 radical (unpaired) electrons. The molecule has 4 aliphatic rings. The van der Waals surface area contributed by atoms with E-state index in [1.54, 1.807) is 0 Å². The van der Waals surface area contributed by atoms with Crippen molar-refractivity contribution in [2.75, 3.05) is 6.61 Å². The minimum atomic E-state index is -0.236. The van der Waals surface area contributed by atoms with Crippen LogP contribution in [0, 0.1) is 40.4 Å². The summed E-state index contributed by atoms with van der Waals surface area (Å²) in [6, 6.07) is 0. The second-order valence-electron chi connectivity index (χ2n) is 10.2. The Morgan fingerprint density at radius 3 is 2.50 bits per heavy atom. The Kier molecular flexibility index (Phi) is 4.32. The van der Waals surface area contributed by atoms with Crippen LogP contribution in [0.1, 0.15) is 79.1 Å². The van der Waals surface area contributed by atoms with Gasteiger partial charge in [-0.05, 0) is 98.7 Å². The van der Waals surface area contributed by atoms with E-state index in [4.69, 9.17) is 4.74 Å². The Hall–Kier alpha value is -0.0800. The number of rotatable bonds is 2. The third kappa shape index (κ3) is 2.35. The minimum absolute atomic E-state index is 0.0748. The Morgan fingerprint density at radius 2 is 1.75 bits per heavy atom. The molecule has 9 atom stereocenters. The molecule has 138 valence electrons. The normalized spacial score (nSPS) is 57.1. The van der Waals surface area contributed by atoms with Crippen molar-refractivity contribution >= 4 is 0 Å². The summed E-state index contributed by atoms with van der Waals surface area (Å²) in [5.41, 5.74) is 1.01. The number of fused-ring (bicyclic) bond motifs is 5. The summed E-state index contributed by atoms with van der Waals surface area (Å²) < 4.78 is 5.96. The highest BCUT2D eigenvalue weighted by Gasteiger charge is 2.60. The highest BCUT2D eigenvalue weighted by Crippen LogP contribution is 2.67. The third-order valence-corrected chi connectivity index (χ3v) is 9.52. The Morgan fingerprint density at radius 1 is 1.00 bits per heavy atom. The fraction of sp³-hybridized carbons (Fsp3) is 1.00. The molecule has 0 spiro atoms. The first-order valence-corrected chi connectivity index (χ1v) is 10.7. The van der Waals surface area contributed by atoms with Crippen LogP contribution in [0.5, 0.6) is 0 Å². The lowest BCUT2D eigenvalue weighted by molar-refractivity contribution is -0.170. The summed E-state index contributed by atoms with van der Waals surface area (Å²) in [5.74, 6) is 4.40. The van der Waals surface area contributed by atoms with E-state index < -0.39 is 0 Å². The summed E-state index contributed by atoms with van der Waals surface area (Å²) in [6.45, 7) is 10.5. The van der Waals surface area contributed by atoms with Crippen LogP contribution in [0.25, 0.3) is 0 Å². The molecule has 0 aliphatic heterocycles. The van der Waals surface area contributed by atoms with Gasteiger partial charge in [0.05, 0.1) is 12.2 Å². The van der Waals surface area contributed by atoms with Crippen LogP contribution in [0.15, 0.2) is 0 Å². The molecule has 4 fully saturated rings. The maximum Gasteiger partial charge on any atom is 0.0839 e. The van der Waals surface area contributed by atoms with Crippen molar-refractivity contribution in [2.24, 2.45) is 40.4 Å². The molecule has 4 saturated carbocycles. The van der Waals surface area contributed by atoms with E-state index in [9.17, 15) is 5.11 Å². The van der Waals surface area contributed by atoms with Crippen molar-refractivity contribution in [1.29, 1.82) is 0 Å². The summed E-state index contributed by atoms with van der Waals surface area (Å²) in [5, 5.41) is 10.6. The molecule has 0 aromatic heterocycles. The molecule has 4 aliphatic carbocycles. The van der Waals surface area contributed by atoms with E-state index in [0.717, 1.165) is 43.1 Å². The number of hydrogen-bond acceptors (Lipinski definition) is 2. The first-order chi connectivity index (χ1) is 11.4. The smallest absolute Gasteiger partial charge is 0.0839 e. The van der Waals surface area contributed by atoms with E-state index >= 15 is 0 Å². The van der Waals surface area contributed by atoms with Crippen LogP contribution >= 0.6 is 0 Å². The minimum Gasteiger partial charge on any atom is -0.390 e. The van der Waals surface area contributed by atoms with Gasteiger partial charge in [-0.2, -0.15) is 0 Å². The number of ether oxygens (including phenoxy) is 1. The van der Waals surface area contributed by atoms with E-state index in [0.29, 0.717) is 16.7 Å². The molecule has 2 heteroatoms. The van der Waals surface area contributed by atoms with Gasteiger partial charge in [0.1, 0.15) is 0 Å². The van der Waals surface area contributed by atoms with Gasteiger partial charge in [0, 0.05) is 6.61 Å². The van der Waals surface area contributed by atoms with Crippen LogP contribution in [0.2, 0.25) is 0 Å². The maximum absolute atomic E-state index is 10.6. The highest BCUT2D eigenvalue weighted by molar-refractivity contribution is 5.09. The molecule has 0 aromatic rings. The van der Waals surface area contributed by atoms with Crippen LogP contribution in [-0.4, -0.2) is 23.9 Å². The predicted molar refractivity (Wildman–Crippen MR) is 97.7 cm³/mol. The lowest BCUT2D eigenvalue weighted by atomic mass is 9.44. The van der Waals surface area contributed by atoms with Gasteiger partial charge in [0.2, 0.25) is 0 Å². The SMILES string of the molecule is CCO[C@H]1C[C@@]2(C)[C@@H](CC[C@@H]3[C@@H]2CC[C@]2(C)[C@H](C)CC[C@@H]32)C[C@@H]1O. The highest BCUT2D eigenvalue weighted by atomic mass is 16.5. The van der Waals surface area contributed by atoms with E-state index in [1.807, 2.05) is 0 Å². The van der Waals surface area contributed by atoms with E-state index in [-0.39, 0.29) is 12.2 Å². The van der Waals surface area contributed by atoms with Gasteiger partial charge in [0.15, 0.2) is 0 Å². The fourth-order valence-corrected chi connectivity index (χ4v) is 7.90. The molecule has 2 nitrogen and oxygen atoms in total. The number of aliphatic hydroxyl groups is 1. The second-order valence-corrected chi connectivity index (χ2v) is 10.2. The van der Waals surface area contributed by atoms with Gasteiger partial charge in [-0.25, -0.2) is 0 Å². The fourth-order valence-electron chi connectivity index (χ4n) is 7.90. The first kappa shape index (κ1) is 17.3. The Bertz CT molecular complexity index is 477. The van der Waals surface area contributed by atoms with E-state index in [2.05, 4.69) is 27.7 Å². The molecule has 24 heavy (non-hydrogen) atoms. The lowest BCUT2D eigenvalue weighted by Gasteiger charge is -2.61. The zero-order valence-corrected chi connectivity index (χ0v) is 16.3. The van der Waals surface area contributed by atoms with Gasteiger partial charge < -0.3 is 9.84 Å². The molecule has 4 rings (SSSR count). The standard InChI is InChI=1S/C22H38O2/c1-5-24-20-13-22(4)15(12-19(20)23)7-8-16-17-9-6-14(2)21(17,3)11-10-18(16)22/h14-20,23H,5-13H2,1-4H3/t14-,15+,16+,17+,18+,19+,20+,21-,22+/m1/s1. The average Bonchev–Trinajstić information content (AvgIpc) is 2.85. The second kappa shape index (κ2) is 5.98. The summed E-state index contributed by atoms with van der Waals surface area (Å²) in [4.78, 5) is 0. The maximum atomic E-state index is 10.6. The van der Waals surface area contributed by atoms with E-state index in [1.165, 1.54) is 38.5 Å². The van der Waals surface area contributed by atoms with Gasteiger partial charge in [-0.15, -0.1) is 0 Å². The molecule has 0 aromatic carbocycles. The molecule has 0 bridgehead atoms. The lowest BCUT2D eigenvalue weighted by Crippen LogP contribution is -2.57. The van der Waals surface area contributed by atoms with Crippen LogP contribution < -0.4 is 0 Å². The Balaban J connectivity index is 1.60. The first-order valence-electron chi connectivity index (χ1n) is 10.7. The summed E-state index contributed by atoms with van der Waals surface area (Å²) >= 11 is 0. The van der Waals surface area contributed by atoms with Crippen molar-refractivity contribution < 1.29 is 9.84 Å². The van der Waals surface area contributed by atoms with Gasteiger partial charge in [-0.3, -0.25) is 0 Å². The number of hydrogen-bond donors (Lipinski definition) is 1. The zero-order chi connectivity index (χ0) is 17.1. The predicted octanol–water partition coefficient (Wildman–Crippen LogP) is 5.04. The van der Waals surface area contributed by atoms with Crippen LogP contribution in [0.4, 0.5) is 0 Å². The molecular weight excluding hydrogens is 296 g/mol. The molecular formula is C22H38O2. The van der Waals surface area contributed by atoms with Gasteiger partial charge in [-0.1, -0.05) is 20.8 Å². The summed E-state index contributed by atoms with van der Waals surface area (Å²) in [6.07, 6.45) is 10.4. The quantitative estimate of drug-likeness (QED) is 0.766. The van der Waals surface area contributed by atoms with Crippen LogP contribution in [-0.2, 0) is 4.74 Å². The van der Waals surface area contributed by atoms with Crippen molar-refractivity contribution in [3.8, 4) is 0 Å². The van der Waals surface area contributed by atoms with Crippen molar-refractivity contribution in [1.82, 2.24) is 0 Å². The van der Waals surface area contributed by atoms with Crippen molar-refractivity contribution in [3.05, 3.63) is 0 Å². The molecule has 0 unspecified atom stereocenters. The van der Waals surface area contributed by atoms with Gasteiger partial charge in [0.25, 0.3) is 0 Å². The monoisotopic (exact) mass is 334 g/mol. The van der Waals surface area contributed by atoms with Crippen molar-refractivity contribution in [3.63, 3.8) is 0 Å². The topological polar surface area (TPSA) is 29.5 Å². The molecule has 0 heterocycles. The molecule has 0 amide bonds. The molecule has 1 N–H and O–H groups in total.